The molecule has 1 aromatic heterocycles. The van der Waals surface area contributed by atoms with Gasteiger partial charge in [-0.1, -0.05) is 11.6 Å². The standard InChI is InChI=1S/C19H14ClF3N2O4S/c1-28-14-4-2-13(3-5-14)25-30(26,27)16-8-6-15(7-9-16)29-18-17(20)10-12(11-24-18)19(21,22)23/h2-11,25H,1H3. The predicted molar refractivity (Wildman–Crippen MR) is 105 cm³/mol. The van der Waals surface area contributed by atoms with Gasteiger partial charge in [-0.3, -0.25) is 4.72 Å². The van der Waals surface area contributed by atoms with Crippen LogP contribution in [0.4, 0.5) is 18.9 Å². The normalized spacial score (nSPS) is 11.8. The first-order valence-electron chi connectivity index (χ1n) is 8.26. The fraction of sp³-hybridized carbons (Fsp3) is 0.105. The van der Waals surface area contributed by atoms with Crippen molar-refractivity contribution in [3.05, 3.63) is 71.4 Å². The van der Waals surface area contributed by atoms with E-state index in [1.165, 1.54) is 31.4 Å². The van der Waals surface area contributed by atoms with Crippen LogP contribution in [0.25, 0.3) is 0 Å². The number of anilines is 1. The number of rotatable bonds is 6. The third-order valence-corrected chi connectivity index (χ3v) is 5.49. The van der Waals surface area contributed by atoms with Crippen LogP contribution in [0.5, 0.6) is 17.4 Å². The van der Waals surface area contributed by atoms with Gasteiger partial charge in [0.1, 0.15) is 16.5 Å². The van der Waals surface area contributed by atoms with Crippen LogP contribution in [0.2, 0.25) is 5.02 Å². The summed E-state index contributed by atoms with van der Waals surface area (Å²) in [6.07, 6.45) is -3.99. The molecule has 0 aliphatic carbocycles. The second-order valence-electron chi connectivity index (χ2n) is 5.92. The lowest BCUT2D eigenvalue weighted by atomic mass is 10.3. The maximum Gasteiger partial charge on any atom is 0.417 e. The minimum atomic E-state index is -4.58. The Bertz CT molecular complexity index is 1140. The number of alkyl halides is 3. The minimum absolute atomic E-state index is 0.0443. The van der Waals surface area contributed by atoms with E-state index in [-0.39, 0.29) is 21.5 Å². The molecule has 0 aliphatic heterocycles. The summed E-state index contributed by atoms with van der Waals surface area (Å²) in [6.45, 7) is 0. The molecule has 0 spiro atoms. The van der Waals surface area contributed by atoms with Gasteiger partial charge in [0.2, 0.25) is 5.88 Å². The van der Waals surface area contributed by atoms with Gasteiger partial charge in [-0.05, 0) is 54.6 Å². The lowest BCUT2D eigenvalue weighted by molar-refractivity contribution is -0.137. The van der Waals surface area contributed by atoms with Gasteiger partial charge in [0.15, 0.2) is 0 Å². The molecule has 3 rings (SSSR count). The number of halogens is 4. The Morgan fingerprint density at radius 3 is 2.13 bits per heavy atom. The second kappa shape index (κ2) is 8.41. The molecule has 1 heterocycles. The number of ether oxygens (including phenoxy) is 2. The van der Waals surface area contributed by atoms with Gasteiger partial charge >= 0.3 is 6.18 Å². The van der Waals surface area contributed by atoms with Crippen LogP contribution in [0.1, 0.15) is 5.56 Å². The molecule has 1 N–H and O–H groups in total. The van der Waals surface area contributed by atoms with Gasteiger partial charge in [0.05, 0.1) is 17.6 Å². The van der Waals surface area contributed by atoms with Crippen LogP contribution in [0.15, 0.2) is 65.7 Å². The molecule has 2 aromatic carbocycles. The van der Waals surface area contributed by atoms with Crippen LogP contribution < -0.4 is 14.2 Å². The summed E-state index contributed by atoms with van der Waals surface area (Å²) in [6, 6.07) is 12.2. The third kappa shape index (κ3) is 5.14. The summed E-state index contributed by atoms with van der Waals surface area (Å²) in [5.74, 6) is 0.485. The molecule has 0 amide bonds. The Hall–Kier alpha value is -2.98. The maximum absolute atomic E-state index is 12.7. The molecule has 0 aliphatic rings. The van der Waals surface area contributed by atoms with Crippen molar-refractivity contribution in [1.82, 2.24) is 4.98 Å². The Balaban J connectivity index is 1.74. The lowest BCUT2D eigenvalue weighted by Crippen LogP contribution is -2.12. The predicted octanol–water partition coefficient (Wildman–Crippen LogP) is 5.36. The van der Waals surface area contributed by atoms with Crippen LogP contribution in [-0.4, -0.2) is 20.5 Å². The van der Waals surface area contributed by atoms with Crippen LogP contribution >= 0.6 is 11.6 Å². The van der Waals surface area contributed by atoms with Crippen molar-refractivity contribution in [3.8, 4) is 17.4 Å². The van der Waals surface area contributed by atoms with Crippen molar-refractivity contribution in [2.24, 2.45) is 0 Å². The first kappa shape index (κ1) is 21.7. The first-order valence-corrected chi connectivity index (χ1v) is 10.1. The number of sulfonamides is 1. The zero-order valence-corrected chi connectivity index (χ0v) is 16.8. The summed E-state index contributed by atoms with van der Waals surface area (Å²) in [7, 11) is -2.37. The average Bonchev–Trinajstić information content (AvgIpc) is 2.69. The summed E-state index contributed by atoms with van der Waals surface area (Å²) in [5, 5.41) is -0.331. The van der Waals surface area contributed by atoms with E-state index in [0.717, 1.165) is 0 Å². The van der Waals surface area contributed by atoms with Crippen molar-refractivity contribution in [3.63, 3.8) is 0 Å². The van der Waals surface area contributed by atoms with Crippen molar-refractivity contribution in [2.45, 2.75) is 11.1 Å². The number of hydrogen-bond acceptors (Lipinski definition) is 5. The fourth-order valence-corrected chi connectivity index (χ4v) is 3.59. The summed E-state index contributed by atoms with van der Waals surface area (Å²) in [4.78, 5) is 3.52. The number of hydrogen-bond donors (Lipinski definition) is 1. The highest BCUT2D eigenvalue weighted by Crippen LogP contribution is 2.34. The zero-order chi connectivity index (χ0) is 21.9. The molecule has 0 unspecified atom stereocenters. The number of aromatic nitrogens is 1. The number of nitrogens with zero attached hydrogens (tertiary/aromatic N) is 1. The molecule has 0 fully saturated rings. The van der Waals surface area contributed by atoms with E-state index < -0.39 is 21.8 Å². The quantitative estimate of drug-likeness (QED) is 0.538. The van der Waals surface area contributed by atoms with Crippen molar-refractivity contribution in [2.75, 3.05) is 11.8 Å². The smallest absolute Gasteiger partial charge is 0.417 e. The Morgan fingerprint density at radius 1 is 1.00 bits per heavy atom. The first-order chi connectivity index (χ1) is 14.1. The van der Waals surface area contributed by atoms with E-state index in [1.54, 1.807) is 24.3 Å². The van der Waals surface area contributed by atoms with Gasteiger partial charge < -0.3 is 9.47 Å². The Morgan fingerprint density at radius 2 is 1.60 bits per heavy atom. The fourth-order valence-electron chi connectivity index (χ4n) is 2.33. The maximum atomic E-state index is 12.7. The molecule has 158 valence electrons. The van der Waals surface area contributed by atoms with Gasteiger partial charge in [0.25, 0.3) is 10.0 Å². The molecule has 0 saturated heterocycles. The summed E-state index contributed by atoms with van der Waals surface area (Å²) < 4.78 is 75.8. The topological polar surface area (TPSA) is 77.5 Å². The van der Waals surface area contributed by atoms with E-state index in [2.05, 4.69) is 9.71 Å². The van der Waals surface area contributed by atoms with E-state index in [9.17, 15) is 21.6 Å². The SMILES string of the molecule is COc1ccc(NS(=O)(=O)c2ccc(Oc3ncc(C(F)(F)F)cc3Cl)cc2)cc1. The molecule has 0 atom stereocenters. The highest BCUT2D eigenvalue weighted by atomic mass is 35.5. The number of methoxy groups -OCH3 is 1. The van der Waals surface area contributed by atoms with Gasteiger partial charge in [0, 0.05) is 11.9 Å². The highest BCUT2D eigenvalue weighted by Gasteiger charge is 2.31. The largest absolute Gasteiger partial charge is 0.497 e. The Labute approximate surface area is 175 Å². The van der Waals surface area contributed by atoms with Gasteiger partial charge in [-0.15, -0.1) is 0 Å². The van der Waals surface area contributed by atoms with E-state index in [4.69, 9.17) is 21.1 Å². The van der Waals surface area contributed by atoms with Crippen LogP contribution in [0, 0.1) is 0 Å². The molecule has 6 nitrogen and oxygen atoms in total. The third-order valence-electron chi connectivity index (χ3n) is 3.83. The molecule has 11 heteroatoms. The molecule has 0 saturated carbocycles. The number of nitrogens with one attached hydrogen (secondary N) is 1. The van der Waals surface area contributed by atoms with E-state index >= 15 is 0 Å². The van der Waals surface area contributed by atoms with Gasteiger partial charge in [-0.2, -0.15) is 13.2 Å². The van der Waals surface area contributed by atoms with Crippen molar-refractivity contribution < 1.29 is 31.1 Å². The lowest BCUT2D eigenvalue weighted by Gasteiger charge is -2.11. The molecular weight excluding hydrogens is 445 g/mol. The average molecular weight is 459 g/mol. The molecule has 0 bridgehead atoms. The number of benzene rings is 2. The highest BCUT2D eigenvalue weighted by molar-refractivity contribution is 7.92. The second-order valence-corrected chi connectivity index (χ2v) is 8.01. The number of pyridine rings is 1. The van der Waals surface area contributed by atoms with Crippen molar-refractivity contribution in [1.29, 1.82) is 0 Å². The summed E-state index contributed by atoms with van der Waals surface area (Å²) >= 11 is 5.80. The molecule has 30 heavy (non-hydrogen) atoms. The van der Waals surface area contributed by atoms with Crippen LogP contribution in [0.3, 0.4) is 0 Å². The molecule has 0 radical (unpaired) electrons. The monoisotopic (exact) mass is 458 g/mol. The Kier molecular flexibility index (Phi) is 6.09. The van der Waals surface area contributed by atoms with Gasteiger partial charge in [-0.25, -0.2) is 13.4 Å². The minimum Gasteiger partial charge on any atom is -0.497 e. The van der Waals surface area contributed by atoms with E-state index in [1.807, 2.05) is 0 Å². The van der Waals surface area contributed by atoms with Crippen LogP contribution in [-0.2, 0) is 16.2 Å². The molecular formula is C19H14ClF3N2O4S. The zero-order valence-electron chi connectivity index (χ0n) is 15.3. The summed E-state index contributed by atoms with van der Waals surface area (Å²) in [5.41, 5.74) is -0.664. The molecule has 3 aromatic rings. The van der Waals surface area contributed by atoms with Crippen molar-refractivity contribution >= 4 is 27.3 Å². The van der Waals surface area contributed by atoms with E-state index in [0.29, 0.717) is 23.7 Å².